The molecule has 1 unspecified atom stereocenters. The van der Waals surface area contributed by atoms with Gasteiger partial charge in [0.15, 0.2) is 11.5 Å². The quantitative estimate of drug-likeness (QED) is 0.912. The minimum absolute atomic E-state index is 0.166. The van der Waals surface area contributed by atoms with Crippen LogP contribution < -0.4 is 14.8 Å². The number of nitrogens with one attached hydrogen (secondary N) is 1. The van der Waals surface area contributed by atoms with Crippen LogP contribution in [0.5, 0.6) is 11.5 Å². The van der Waals surface area contributed by atoms with E-state index in [9.17, 15) is 4.79 Å². The van der Waals surface area contributed by atoms with Crippen molar-refractivity contribution in [2.45, 2.75) is 32.5 Å². The number of carbonyl (C=O) groups excluding carboxylic acids is 1. The van der Waals surface area contributed by atoms with Gasteiger partial charge < -0.3 is 19.5 Å². The molecule has 1 heterocycles. The highest BCUT2D eigenvalue weighted by Crippen LogP contribution is 2.49. The fourth-order valence-corrected chi connectivity index (χ4v) is 2.23. The highest BCUT2D eigenvalue weighted by atomic mass is 16.6. The Hall–Kier alpha value is -1.75. The summed E-state index contributed by atoms with van der Waals surface area (Å²) >= 11 is 0. The average Bonchev–Trinajstić information content (AvgIpc) is 2.63. The van der Waals surface area contributed by atoms with E-state index in [1.165, 1.54) is 7.05 Å². The maximum atomic E-state index is 11.3. The molecular formula is C14H19NO4. The van der Waals surface area contributed by atoms with Gasteiger partial charge in [0.05, 0.1) is 0 Å². The van der Waals surface area contributed by atoms with Crippen molar-refractivity contribution in [1.29, 1.82) is 0 Å². The van der Waals surface area contributed by atoms with Crippen LogP contribution in [0.25, 0.3) is 0 Å². The van der Waals surface area contributed by atoms with Crippen molar-refractivity contribution < 1.29 is 19.0 Å². The number of carbonyl (C=O) groups is 1. The fraction of sp³-hybridized carbons (Fsp3) is 0.500. The van der Waals surface area contributed by atoms with Gasteiger partial charge in [0, 0.05) is 19.2 Å². The molecule has 0 aliphatic carbocycles. The number of rotatable bonds is 3. The van der Waals surface area contributed by atoms with Gasteiger partial charge in [0.1, 0.15) is 11.7 Å². The van der Waals surface area contributed by atoms with E-state index in [1.54, 1.807) is 6.07 Å². The molecule has 1 atom stereocenters. The van der Waals surface area contributed by atoms with Gasteiger partial charge >= 0.3 is 6.09 Å². The van der Waals surface area contributed by atoms with E-state index >= 15 is 0 Å². The zero-order chi connectivity index (χ0) is 14.0. The molecule has 0 radical (unpaired) electrons. The molecule has 1 aromatic rings. The predicted octanol–water partition coefficient (Wildman–Crippen LogP) is 2.65. The van der Waals surface area contributed by atoms with Crippen LogP contribution in [0, 0.1) is 0 Å². The van der Waals surface area contributed by atoms with Gasteiger partial charge in [-0.25, -0.2) is 4.79 Å². The molecule has 0 saturated carbocycles. The number of hydrogen-bond acceptors (Lipinski definition) is 4. The van der Waals surface area contributed by atoms with Crippen molar-refractivity contribution in [2.24, 2.45) is 0 Å². The third-order valence-electron chi connectivity index (χ3n) is 3.03. The van der Waals surface area contributed by atoms with Crippen LogP contribution in [-0.4, -0.2) is 25.3 Å². The molecule has 1 aromatic carbocycles. The summed E-state index contributed by atoms with van der Waals surface area (Å²) in [6, 6.07) is 5.47. The van der Waals surface area contributed by atoms with E-state index in [1.807, 2.05) is 32.9 Å². The van der Waals surface area contributed by atoms with Crippen LogP contribution in [0.4, 0.5) is 4.79 Å². The standard InChI is InChI=1S/C14H19NO4/c1-5-17-12-9-7-6-8-10(18-13(16)15-4)11(9)19-14(12,2)3/h6-8,12H,5H2,1-4H3,(H,15,16). The van der Waals surface area contributed by atoms with Crippen LogP contribution in [0.1, 0.15) is 32.4 Å². The Morgan fingerprint density at radius 1 is 1.47 bits per heavy atom. The van der Waals surface area contributed by atoms with E-state index in [4.69, 9.17) is 14.2 Å². The maximum Gasteiger partial charge on any atom is 0.412 e. The van der Waals surface area contributed by atoms with Gasteiger partial charge in [-0.15, -0.1) is 0 Å². The minimum Gasteiger partial charge on any atom is -0.480 e. The molecule has 5 nitrogen and oxygen atoms in total. The van der Waals surface area contributed by atoms with Crippen molar-refractivity contribution in [2.75, 3.05) is 13.7 Å². The number of para-hydroxylation sites is 1. The normalized spacial score (nSPS) is 19.5. The monoisotopic (exact) mass is 265 g/mol. The highest BCUT2D eigenvalue weighted by Gasteiger charge is 2.43. The summed E-state index contributed by atoms with van der Waals surface area (Å²) in [5, 5.41) is 2.41. The molecule has 2 rings (SSSR count). The number of benzene rings is 1. The lowest BCUT2D eigenvalue weighted by atomic mass is 9.97. The van der Waals surface area contributed by atoms with Crippen LogP contribution in [0.3, 0.4) is 0 Å². The Balaban J connectivity index is 2.37. The minimum atomic E-state index is -0.519. The van der Waals surface area contributed by atoms with Crippen LogP contribution in [-0.2, 0) is 4.74 Å². The zero-order valence-corrected chi connectivity index (χ0v) is 11.6. The number of amides is 1. The molecule has 0 bridgehead atoms. The lowest BCUT2D eigenvalue weighted by molar-refractivity contribution is -0.0474. The van der Waals surface area contributed by atoms with Gasteiger partial charge in [-0.2, -0.15) is 0 Å². The number of ether oxygens (including phenoxy) is 3. The summed E-state index contributed by atoms with van der Waals surface area (Å²) in [5.41, 5.74) is 0.425. The molecule has 0 spiro atoms. The van der Waals surface area contributed by atoms with Gasteiger partial charge in [-0.1, -0.05) is 12.1 Å². The summed E-state index contributed by atoms with van der Waals surface area (Å²) in [6.45, 7) is 6.45. The van der Waals surface area contributed by atoms with Gasteiger partial charge in [-0.05, 0) is 26.8 Å². The van der Waals surface area contributed by atoms with Crippen molar-refractivity contribution in [3.8, 4) is 11.5 Å². The molecule has 104 valence electrons. The molecule has 5 heteroatoms. The lowest BCUT2D eigenvalue weighted by Crippen LogP contribution is -2.32. The number of hydrogen-bond donors (Lipinski definition) is 1. The SMILES string of the molecule is CCOC1c2cccc(OC(=O)NC)c2OC1(C)C. The van der Waals surface area contributed by atoms with Crippen molar-refractivity contribution >= 4 is 6.09 Å². The second kappa shape index (κ2) is 5.09. The van der Waals surface area contributed by atoms with Crippen molar-refractivity contribution in [1.82, 2.24) is 5.32 Å². The highest BCUT2D eigenvalue weighted by molar-refractivity contribution is 5.71. The summed E-state index contributed by atoms with van der Waals surface area (Å²) in [5.74, 6) is 0.988. The molecular weight excluding hydrogens is 246 g/mol. The second-order valence-electron chi connectivity index (χ2n) is 4.85. The summed E-state index contributed by atoms with van der Waals surface area (Å²) < 4.78 is 16.9. The lowest BCUT2D eigenvalue weighted by Gasteiger charge is -2.25. The first kappa shape index (κ1) is 13.7. The topological polar surface area (TPSA) is 56.8 Å². The summed E-state index contributed by atoms with van der Waals surface area (Å²) in [4.78, 5) is 11.3. The fourth-order valence-electron chi connectivity index (χ4n) is 2.23. The Kier molecular flexibility index (Phi) is 3.66. The van der Waals surface area contributed by atoms with Crippen molar-refractivity contribution in [3.63, 3.8) is 0 Å². The van der Waals surface area contributed by atoms with E-state index < -0.39 is 11.7 Å². The number of fused-ring (bicyclic) bond motifs is 1. The molecule has 1 amide bonds. The molecule has 1 aliphatic heterocycles. The van der Waals surface area contributed by atoms with E-state index in [0.717, 1.165) is 5.56 Å². The second-order valence-corrected chi connectivity index (χ2v) is 4.85. The Morgan fingerprint density at radius 2 is 2.21 bits per heavy atom. The van der Waals surface area contributed by atoms with Crippen LogP contribution in [0.15, 0.2) is 18.2 Å². The first-order chi connectivity index (χ1) is 8.99. The van der Waals surface area contributed by atoms with E-state index in [-0.39, 0.29) is 6.10 Å². The van der Waals surface area contributed by atoms with Gasteiger partial charge in [0.25, 0.3) is 0 Å². The zero-order valence-electron chi connectivity index (χ0n) is 11.6. The molecule has 1 aliphatic rings. The largest absolute Gasteiger partial charge is 0.480 e. The maximum absolute atomic E-state index is 11.3. The Labute approximate surface area is 112 Å². The van der Waals surface area contributed by atoms with Crippen LogP contribution in [0.2, 0.25) is 0 Å². The van der Waals surface area contributed by atoms with Gasteiger partial charge in [0.2, 0.25) is 0 Å². The summed E-state index contributed by atoms with van der Waals surface area (Å²) in [7, 11) is 1.51. The third kappa shape index (κ3) is 2.51. The van der Waals surface area contributed by atoms with E-state index in [0.29, 0.717) is 18.1 Å². The van der Waals surface area contributed by atoms with E-state index in [2.05, 4.69) is 5.32 Å². The first-order valence-corrected chi connectivity index (χ1v) is 6.32. The van der Waals surface area contributed by atoms with Crippen LogP contribution >= 0.6 is 0 Å². The molecule has 0 aromatic heterocycles. The molecule has 0 saturated heterocycles. The third-order valence-corrected chi connectivity index (χ3v) is 3.03. The average molecular weight is 265 g/mol. The molecule has 0 fully saturated rings. The Morgan fingerprint density at radius 3 is 2.84 bits per heavy atom. The first-order valence-electron chi connectivity index (χ1n) is 6.32. The predicted molar refractivity (Wildman–Crippen MR) is 70.6 cm³/mol. The van der Waals surface area contributed by atoms with Gasteiger partial charge in [-0.3, -0.25) is 0 Å². The smallest absolute Gasteiger partial charge is 0.412 e. The summed E-state index contributed by atoms with van der Waals surface area (Å²) in [6.07, 6.45) is -0.685. The molecule has 19 heavy (non-hydrogen) atoms. The Bertz CT molecular complexity index is 484. The van der Waals surface area contributed by atoms with Crippen molar-refractivity contribution in [3.05, 3.63) is 23.8 Å². The molecule has 1 N–H and O–H groups in total.